The van der Waals surface area contributed by atoms with Crippen LogP contribution in [0.3, 0.4) is 0 Å². The average molecular weight is 1080 g/mol. The third kappa shape index (κ3) is 64.6. The van der Waals surface area contributed by atoms with Crippen LogP contribution in [0.15, 0.2) is 24.3 Å². The molecule has 0 fully saturated rings. The molecule has 0 N–H and O–H groups in total. The molecule has 0 spiro atoms. The number of hydrogen-bond acceptors (Lipinski definition) is 6. The first kappa shape index (κ1) is 74.9. The second-order valence-electron chi connectivity index (χ2n) is 23.8. The van der Waals surface area contributed by atoms with Crippen molar-refractivity contribution in [2.75, 3.05) is 13.2 Å². The van der Waals surface area contributed by atoms with Crippen molar-refractivity contribution in [1.29, 1.82) is 0 Å². The van der Waals surface area contributed by atoms with Gasteiger partial charge >= 0.3 is 17.9 Å². The summed E-state index contributed by atoms with van der Waals surface area (Å²) in [4.78, 5) is 38.1. The highest BCUT2D eigenvalue weighted by atomic mass is 16.6. The van der Waals surface area contributed by atoms with Gasteiger partial charge in [0.2, 0.25) is 0 Å². The maximum atomic E-state index is 12.8. The van der Waals surface area contributed by atoms with Crippen molar-refractivity contribution in [3.8, 4) is 0 Å². The molecule has 6 heteroatoms. The number of unbranched alkanes of at least 4 members (excludes halogenated alkanes) is 50. The third-order valence-corrected chi connectivity index (χ3v) is 16.0. The van der Waals surface area contributed by atoms with Crippen molar-refractivity contribution < 1.29 is 28.6 Å². The second-order valence-corrected chi connectivity index (χ2v) is 23.8. The van der Waals surface area contributed by atoms with E-state index in [1.165, 1.54) is 283 Å². The minimum absolute atomic E-state index is 0.0695. The summed E-state index contributed by atoms with van der Waals surface area (Å²) in [6, 6.07) is 0. The minimum Gasteiger partial charge on any atom is -0.462 e. The molecular formula is C71H134O6. The van der Waals surface area contributed by atoms with Crippen LogP contribution in [0.4, 0.5) is 0 Å². The van der Waals surface area contributed by atoms with Gasteiger partial charge in [-0.3, -0.25) is 14.4 Å². The second kappa shape index (κ2) is 66.4. The van der Waals surface area contributed by atoms with Crippen molar-refractivity contribution >= 4 is 17.9 Å². The van der Waals surface area contributed by atoms with Gasteiger partial charge in [0.05, 0.1) is 0 Å². The molecule has 454 valence electrons. The Labute approximate surface area is 481 Å². The molecule has 0 aromatic carbocycles. The highest BCUT2D eigenvalue weighted by Crippen LogP contribution is 2.19. The Hall–Kier alpha value is -2.11. The molecule has 0 radical (unpaired) electrons. The maximum absolute atomic E-state index is 12.8. The van der Waals surface area contributed by atoms with E-state index in [2.05, 4.69) is 45.1 Å². The molecule has 0 bridgehead atoms. The Morgan fingerprint density at radius 1 is 0.260 bits per heavy atom. The summed E-state index contributed by atoms with van der Waals surface area (Å²) in [7, 11) is 0. The minimum atomic E-state index is -0.770. The number of carbonyl (C=O) groups is 3. The maximum Gasteiger partial charge on any atom is 0.306 e. The van der Waals surface area contributed by atoms with Crippen LogP contribution in [0.25, 0.3) is 0 Å². The Kier molecular flexibility index (Phi) is 64.6. The van der Waals surface area contributed by atoms with Crippen LogP contribution in [0.1, 0.15) is 393 Å². The average Bonchev–Trinajstić information content (AvgIpc) is 3.43. The van der Waals surface area contributed by atoms with Gasteiger partial charge in [0.15, 0.2) is 6.10 Å². The zero-order valence-corrected chi connectivity index (χ0v) is 52.3. The van der Waals surface area contributed by atoms with E-state index in [4.69, 9.17) is 14.2 Å². The lowest BCUT2D eigenvalue weighted by molar-refractivity contribution is -0.167. The Morgan fingerprint density at radius 3 is 0.727 bits per heavy atom. The fraction of sp³-hybridized carbons (Fsp3) is 0.901. The molecule has 0 saturated heterocycles. The molecule has 1 atom stereocenters. The van der Waals surface area contributed by atoms with E-state index in [0.29, 0.717) is 19.3 Å². The number of esters is 3. The lowest BCUT2D eigenvalue weighted by Crippen LogP contribution is -2.30. The fourth-order valence-electron chi connectivity index (χ4n) is 10.7. The summed E-state index contributed by atoms with van der Waals surface area (Å²) >= 11 is 0. The molecule has 0 aromatic heterocycles. The van der Waals surface area contributed by atoms with Gasteiger partial charge in [-0.15, -0.1) is 0 Å². The van der Waals surface area contributed by atoms with Crippen LogP contribution in [0.2, 0.25) is 0 Å². The zero-order valence-electron chi connectivity index (χ0n) is 52.3. The van der Waals surface area contributed by atoms with Crippen molar-refractivity contribution in [3.63, 3.8) is 0 Å². The summed E-state index contributed by atoms with van der Waals surface area (Å²) in [5.41, 5.74) is 0. The van der Waals surface area contributed by atoms with Gasteiger partial charge in [-0.1, -0.05) is 347 Å². The number of rotatable bonds is 65. The lowest BCUT2D eigenvalue weighted by atomic mass is 10.0. The summed E-state index contributed by atoms with van der Waals surface area (Å²) in [6.07, 6.45) is 81.1. The predicted molar refractivity (Wildman–Crippen MR) is 335 cm³/mol. The molecule has 77 heavy (non-hydrogen) atoms. The molecule has 0 rings (SSSR count). The lowest BCUT2D eigenvalue weighted by Gasteiger charge is -2.18. The zero-order chi connectivity index (χ0) is 55.7. The van der Waals surface area contributed by atoms with Gasteiger partial charge < -0.3 is 14.2 Å². The Morgan fingerprint density at radius 2 is 0.468 bits per heavy atom. The van der Waals surface area contributed by atoms with Crippen LogP contribution >= 0.6 is 0 Å². The van der Waals surface area contributed by atoms with Crippen LogP contribution in [0, 0.1) is 0 Å². The van der Waals surface area contributed by atoms with Gasteiger partial charge in [0, 0.05) is 19.3 Å². The quantitative estimate of drug-likeness (QED) is 0.0261. The first-order chi connectivity index (χ1) is 38.0. The molecule has 0 heterocycles. The normalized spacial score (nSPS) is 12.1. The molecule has 0 aliphatic rings. The van der Waals surface area contributed by atoms with Crippen molar-refractivity contribution in [3.05, 3.63) is 24.3 Å². The van der Waals surface area contributed by atoms with Gasteiger partial charge in [-0.25, -0.2) is 0 Å². The van der Waals surface area contributed by atoms with Gasteiger partial charge in [0.1, 0.15) is 13.2 Å². The first-order valence-corrected chi connectivity index (χ1v) is 34.8. The number of allylic oxidation sites excluding steroid dienone is 4. The largest absolute Gasteiger partial charge is 0.462 e. The highest BCUT2D eigenvalue weighted by molar-refractivity contribution is 5.71. The van der Waals surface area contributed by atoms with E-state index in [0.717, 1.165) is 70.6 Å². The first-order valence-electron chi connectivity index (χ1n) is 34.8. The summed E-state index contributed by atoms with van der Waals surface area (Å²) in [6.45, 7) is 6.64. The summed E-state index contributed by atoms with van der Waals surface area (Å²) in [5.74, 6) is -0.860. The summed E-state index contributed by atoms with van der Waals surface area (Å²) in [5, 5.41) is 0. The van der Waals surface area contributed by atoms with Gasteiger partial charge in [-0.05, 0) is 51.4 Å². The monoisotopic (exact) mass is 1080 g/mol. The highest BCUT2D eigenvalue weighted by Gasteiger charge is 2.19. The van der Waals surface area contributed by atoms with Crippen molar-refractivity contribution in [2.45, 2.75) is 399 Å². The van der Waals surface area contributed by atoms with Crippen LogP contribution < -0.4 is 0 Å². The smallest absolute Gasteiger partial charge is 0.306 e. The number of carbonyl (C=O) groups excluding carboxylic acids is 3. The number of ether oxygens (including phenoxy) is 3. The van der Waals surface area contributed by atoms with Crippen LogP contribution in [-0.4, -0.2) is 37.2 Å². The van der Waals surface area contributed by atoms with Crippen LogP contribution in [-0.2, 0) is 28.6 Å². The number of hydrogen-bond donors (Lipinski definition) is 0. The molecule has 0 aromatic rings. The third-order valence-electron chi connectivity index (χ3n) is 16.0. The summed E-state index contributed by atoms with van der Waals surface area (Å²) < 4.78 is 16.9. The standard InChI is InChI=1S/C71H134O6/c1-4-7-10-13-16-18-20-22-24-26-28-29-30-31-32-33-34-35-36-37-38-39-40-41-42-43-45-46-48-50-52-55-58-61-64-70(73)76-67-68(66-75-69(72)63-60-57-54-15-12-9-6-3)77-71(74)65-62-59-56-53-51-49-47-44-27-25-23-21-19-17-14-11-8-5-2/h19,21,25,27,68H,4-18,20,22-24,26,28-67H2,1-3H3/b21-19-,27-25-. The van der Waals surface area contributed by atoms with E-state index in [-0.39, 0.29) is 31.1 Å². The Bertz CT molecular complexity index is 1240. The van der Waals surface area contributed by atoms with E-state index in [1.807, 2.05) is 0 Å². The Balaban J connectivity index is 3.93. The van der Waals surface area contributed by atoms with E-state index in [9.17, 15) is 14.4 Å². The fourth-order valence-corrected chi connectivity index (χ4v) is 10.7. The molecule has 0 aliphatic heterocycles. The van der Waals surface area contributed by atoms with Crippen molar-refractivity contribution in [1.82, 2.24) is 0 Å². The SMILES string of the molecule is CCCCCC/C=C\C/C=C\CCCCCCCCCC(=O)OC(COC(=O)CCCCCCCCC)COC(=O)CCCCCCCCCCCCCCCCCCCCCCCCCCCCCCCCCCCC. The van der Waals surface area contributed by atoms with Crippen LogP contribution in [0.5, 0.6) is 0 Å². The van der Waals surface area contributed by atoms with E-state index >= 15 is 0 Å². The molecule has 0 saturated carbocycles. The van der Waals surface area contributed by atoms with Gasteiger partial charge in [-0.2, -0.15) is 0 Å². The van der Waals surface area contributed by atoms with E-state index < -0.39 is 6.10 Å². The molecule has 1 unspecified atom stereocenters. The van der Waals surface area contributed by atoms with Gasteiger partial charge in [0.25, 0.3) is 0 Å². The molecule has 0 aliphatic carbocycles. The molecule has 0 amide bonds. The molecular weight excluding hydrogens is 949 g/mol. The van der Waals surface area contributed by atoms with Crippen molar-refractivity contribution in [2.24, 2.45) is 0 Å². The predicted octanol–water partition coefficient (Wildman–Crippen LogP) is 23.8. The molecule has 6 nitrogen and oxygen atoms in total. The topological polar surface area (TPSA) is 78.9 Å². The van der Waals surface area contributed by atoms with E-state index in [1.54, 1.807) is 0 Å².